The van der Waals surface area contributed by atoms with Crippen molar-refractivity contribution in [1.82, 2.24) is 9.55 Å². The summed E-state index contributed by atoms with van der Waals surface area (Å²) in [5, 5.41) is 7.59. The van der Waals surface area contributed by atoms with Gasteiger partial charge in [0.25, 0.3) is 0 Å². The average molecular weight is 459 g/mol. The molecule has 0 spiro atoms. The summed E-state index contributed by atoms with van der Waals surface area (Å²) in [4.78, 5) is 3.75. The Kier molecular flexibility index (Phi) is 3.97. The largest absolute Gasteiger partial charge is 0.354 e. The minimum Gasteiger partial charge on any atom is -0.354 e. The van der Waals surface area contributed by atoms with Gasteiger partial charge in [-0.25, -0.2) is 0 Å². The normalized spacial score (nSPS) is 11.9. The molecule has 0 atom stereocenters. The SMILES string of the molecule is c1ccc(-c2ccc(-n3c4ccccc4c4ccc5ccc6c7ccccc7[nH]c6c5c43)cc2)cc1. The Balaban J connectivity index is 1.51. The van der Waals surface area contributed by atoms with Crippen LogP contribution in [0.1, 0.15) is 0 Å². The van der Waals surface area contributed by atoms with Crippen molar-refractivity contribution in [3.05, 3.63) is 127 Å². The average Bonchev–Trinajstić information content (AvgIpc) is 3.49. The van der Waals surface area contributed by atoms with Crippen LogP contribution in [0.2, 0.25) is 0 Å². The van der Waals surface area contributed by atoms with E-state index in [1.54, 1.807) is 0 Å². The Hall–Kier alpha value is -4.82. The number of benzene rings is 6. The van der Waals surface area contributed by atoms with Crippen LogP contribution in [0, 0.1) is 0 Å². The van der Waals surface area contributed by atoms with E-state index in [0.717, 1.165) is 0 Å². The molecule has 0 unspecified atom stereocenters. The second kappa shape index (κ2) is 7.34. The summed E-state index contributed by atoms with van der Waals surface area (Å²) in [5.41, 5.74) is 8.47. The lowest BCUT2D eigenvalue weighted by Crippen LogP contribution is -1.95. The van der Waals surface area contributed by atoms with Crippen LogP contribution in [0.25, 0.3) is 71.2 Å². The van der Waals surface area contributed by atoms with E-state index < -0.39 is 0 Å². The number of nitrogens with one attached hydrogen (secondary N) is 1. The van der Waals surface area contributed by atoms with E-state index in [1.807, 2.05) is 0 Å². The molecule has 0 aliphatic carbocycles. The highest BCUT2D eigenvalue weighted by Crippen LogP contribution is 2.40. The first-order valence-corrected chi connectivity index (χ1v) is 12.4. The molecule has 0 fully saturated rings. The van der Waals surface area contributed by atoms with Gasteiger partial charge in [0, 0.05) is 38.1 Å². The van der Waals surface area contributed by atoms with Crippen molar-refractivity contribution in [3.63, 3.8) is 0 Å². The molecule has 0 saturated heterocycles. The van der Waals surface area contributed by atoms with Crippen LogP contribution in [-0.4, -0.2) is 9.55 Å². The highest BCUT2D eigenvalue weighted by molar-refractivity contribution is 6.27. The van der Waals surface area contributed by atoms with Gasteiger partial charge in [0.15, 0.2) is 0 Å². The van der Waals surface area contributed by atoms with Crippen molar-refractivity contribution in [1.29, 1.82) is 0 Å². The fourth-order valence-electron chi connectivity index (χ4n) is 5.88. The van der Waals surface area contributed by atoms with E-state index >= 15 is 0 Å². The number of H-pyrrole nitrogens is 1. The van der Waals surface area contributed by atoms with Gasteiger partial charge in [-0.3, -0.25) is 0 Å². The predicted octanol–water partition coefficient (Wildman–Crippen LogP) is 9.24. The van der Waals surface area contributed by atoms with Crippen molar-refractivity contribution in [2.24, 2.45) is 0 Å². The summed E-state index contributed by atoms with van der Waals surface area (Å²) in [5.74, 6) is 0. The van der Waals surface area contributed by atoms with E-state index in [-0.39, 0.29) is 0 Å². The summed E-state index contributed by atoms with van der Waals surface area (Å²) >= 11 is 0. The third kappa shape index (κ3) is 2.67. The highest BCUT2D eigenvalue weighted by Gasteiger charge is 2.18. The first-order chi connectivity index (χ1) is 17.9. The van der Waals surface area contributed by atoms with Crippen LogP contribution in [0.15, 0.2) is 127 Å². The van der Waals surface area contributed by atoms with Gasteiger partial charge in [-0.1, -0.05) is 103 Å². The number of fused-ring (bicyclic) bond motifs is 9. The molecule has 2 heteroatoms. The zero-order valence-corrected chi connectivity index (χ0v) is 19.6. The number of nitrogens with zero attached hydrogens (tertiary/aromatic N) is 1. The van der Waals surface area contributed by atoms with Crippen LogP contribution < -0.4 is 0 Å². The maximum absolute atomic E-state index is 3.75. The molecule has 2 nitrogen and oxygen atoms in total. The summed E-state index contributed by atoms with van der Waals surface area (Å²) < 4.78 is 2.44. The molecule has 36 heavy (non-hydrogen) atoms. The Morgan fingerprint density at radius 2 is 1.14 bits per heavy atom. The van der Waals surface area contributed by atoms with Crippen LogP contribution in [-0.2, 0) is 0 Å². The van der Waals surface area contributed by atoms with Gasteiger partial charge in [-0.2, -0.15) is 0 Å². The summed E-state index contributed by atoms with van der Waals surface area (Å²) in [6.45, 7) is 0. The number of aromatic nitrogens is 2. The lowest BCUT2D eigenvalue weighted by Gasteiger charge is -2.12. The molecule has 0 amide bonds. The van der Waals surface area contributed by atoms with Crippen molar-refractivity contribution in [2.75, 3.05) is 0 Å². The van der Waals surface area contributed by atoms with Crippen LogP contribution in [0.4, 0.5) is 0 Å². The molecular weight excluding hydrogens is 436 g/mol. The van der Waals surface area contributed by atoms with Crippen molar-refractivity contribution in [2.45, 2.75) is 0 Å². The second-order valence-electron chi connectivity index (χ2n) is 9.48. The molecule has 0 aliphatic heterocycles. The molecule has 0 saturated carbocycles. The molecule has 0 radical (unpaired) electrons. The molecule has 2 aromatic heterocycles. The van der Waals surface area contributed by atoms with E-state index in [9.17, 15) is 0 Å². The Morgan fingerprint density at radius 3 is 1.97 bits per heavy atom. The smallest absolute Gasteiger partial charge is 0.0640 e. The fourth-order valence-corrected chi connectivity index (χ4v) is 5.88. The fraction of sp³-hybridized carbons (Fsp3) is 0. The number of para-hydroxylation sites is 2. The van der Waals surface area contributed by atoms with Crippen LogP contribution >= 0.6 is 0 Å². The van der Waals surface area contributed by atoms with Gasteiger partial charge < -0.3 is 9.55 Å². The first kappa shape index (κ1) is 19.5. The Bertz CT molecular complexity index is 2070. The van der Waals surface area contributed by atoms with Crippen LogP contribution in [0.3, 0.4) is 0 Å². The minimum absolute atomic E-state index is 1.17. The van der Waals surface area contributed by atoms with Gasteiger partial charge >= 0.3 is 0 Å². The maximum Gasteiger partial charge on any atom is 0.0640 e. The summed E-state index contributed by atoms with van der Waals surface area (Å²) in [7, 11) is 0. The zero-order chi connectivity index (χ0) is 23.6. The third-order valence-corrected chi connectivity index (χ3v) is 7.53. The summed E-state index contributed by atoms with van der Waals surface area (Å²) in [6.07, 6.45) is 0. The standard InChI is InChI=1S/C34H22N2/c1-2-8-22(9-3-1)23-14-18-25(19-15-23)36-31-13-7-5-11-27(31)29-21-17-24-16-20-28-26-10-4-6-12-30(26)35-33(28)32(24)34(29)36/h1-21,35H. The third-order valence-electron chi connectivity index (χ3n) is 7.53. The van der Waals surface area contributed by atoms with Crippen LogP contribution in [0.5, 0.6) is 0 Å². The topological polar surface area (TPSA) is 20.7 Å². The molecule has 2 heterocycles. The molecule has 168 valence electrons. The van der Waals surface area contributed by atoms with Crippen molar-refractivity contribution in [3.8, 4) is 16.8 Å². The Labute approximate surface area is 208 Å². The van der Waals surface area contributed by atoms with Crippen molar-refractivity contribution < 1.29 is 0 Å². The number of hydrogen-bond donors (Lipinski definition) is 1. The van der Waals surface area contributed by atoms with Gasteiger partial charge in [0.2, 0.25) is 0 Å². The monoisotopic (exact) mass is 458 g/mol. The lowest BCUT2D eigenvalue weighted by atomic mass is 10.0. The Morgan fingerprint density at radius 1 is 0.472 bits per heavy atom. The van der Waals surface area contributed by atoms with Gasteiger partial charge in [-0.15, -0.1) is 0 Å². The molecule has 1 N–H and O–H groups in total. The molecule has 0 aliphatic rings. The molecule has 6 aromatic carbocycles. The van der Waals surface area contributed by atoms with E-state index in [1.165, 1.54) is 71.2 Å². The minimum atomic E-state index is 1.17. The molecule has 8 rings (SSSR count). The molecule has 8 aromatic rings. The van der Waals surface area contributed by atoms with E-state index in [4.69, 9.17) is 0 Å². The zero-order valence-electron chi connectivity index (χ0n) is 19.6. The lowest BCUT2D eigenvalue weighted by molar-refractivity contribution is 1.19. The number of rotatable bonds is 2. The quantitative estimate of drug-likeness (QED) is 0.266. The van der Waals surface area contributed by atoms with Gasteiger partial charge in [0.1, 0.15) is 0 Å². The van der Waals surface area contributed by atoms with Gasteiger partial charge in [0.05, 0.1) is 16.6 Å². The summed E-state index contributed by atoms with van der Waals surface area (Å²) in [6, 6.07) is 45.9. The number of aromatic amines is 1. The predicted molar refractivity (Wildman–Crippen MR) is 153 cm³/mol. The van der Waals surface area contributed by atoms with Crippen molar-refractivity contribution >= 4 is 54.4 Å². The highest BCUT2D eigenvalue weighted by atomic mass is 15.0. The molecular formula is C34H22N2. The molecule has 0 bridgehead atoms. The second-order valence-corrected chi connectivity index (χ2v) is 9.48. The number of hydrogen-bond acceptors (Lipinski definition) is 0. The van der Waals surface area contributed by atoms with E-state index in [2.05, 4.69) is 137 Å². The van der Waals surface area contributed by atoms with E-state index in [0.29, 0.717) is 0 Å². The maximum atomic E-state index is 3.75. The first-order valence-electron chi connectivity index (χ1n) is 12.4. The van der Waals surface area contributed by atoms with Gasteiger partial charge in [-0.05, 0) is 40.8 Å².